The smallest absolute Gasteiger partial charge is 0.303 e. The summed E-state index contributed by atoms with van der Waals surface area (Å²) >= 11 is 0. The standard InChI is InChI=1S/C17H29NO3/c1-2-18(14-8-4-3-5-9-14)15(19)12-17(13-16(20)21)10-6-7-11-17/h14H,2-13H2,1H3,(H,20,21). The van der Waals surface area contributed by atoms with Crippen LogP contribution in [0.1, 0.15) is 77.6 Å². The van der Waals surface area contributed by atoms with Gasteiger partial charge in [0.2, 0.25) is 5.91 Å². The summed E-state index contributed by atoms with van der Waals surface area (Å²) in [6.45, 7) is 2.80. The van der Waals surface area contributed by atoms with Gasteiger partial charge in [0, 0.05) is 19.0 Å². The quantitative estimate of drug-likeness (QED) is 0.814. The molecule has 21 heavy (non-hydrogen) atoms. The maximum absolute atomic E-state index is 12.7. The van der Waals surface area contributed by atoms with E-state index in [1.165, 1.54) is 19.3 Å². The molecule has 0 bridgehead atoms. The fraction of sp³-hybridized carbons (Fsp3) is 0.882. The molecule has 4 nitrogen and oxygen atoms in total. The molecular formula is C17H29NO3. The first-order valence-corrected chi connectivity index (χ1v) is 8.57. The Morgan fingerprint density at radius 3 is 2.19 bits per heavy atom. The van der Waals surface area contributed by atoms with Crippen LogP contribution in [0.25, 0.3) is 0 Å². The van der Waals surface area contributed by atoms with Crippen molar-refractivity contribution in [1.29, 1.82) is 0 Å². The van der Waals surface area contributed by atoms with Crippen molar-refractivity contribution in [3.05, 3.63) is 0 Å². The van der Waals surface area contributed by atoms with Gasteiger partial charge in [-0.15, -0.1) is 0 Å². The van der Waals surface area contributed by atoms with Crippen LogP contribution in [0.15, 0.2) is 0 Å². The average molecular weight is 295 g/mol. The molecule has 0 atom stereocenters. The van der Waals surface area contributed by atoms with Crippen molar-refractivity contribution < 1.29 is 14.7 Å². The molecule has 0 heterocycles. The first-order chi connectivity index (χ1) is 10.1. The number of hydrogen-bond acceptors (Lipinski definition) is 2. The van der Waals surface area contributed by atoms with Crippen molar-refractivity contribution >= 4 is 11.9 Å². The Bertz CT molecular complexity index is 368. The van der Waals surface area contributed by atoms with Crippen LogP contribution in [0.5, 0.6) is 0 Å². The van der Waals surface area contributed by atoms with Gasteiger partial charge in [0.05, 0.1) is 6.42 Å². The van der Waals surface area contributed by atoms with Gasteiger partial charge in [0.25, 0.3) is 0 Å². The Hall–Kier alpha value is -1.06. The molecule has 2 aliphatic rings. The predicted molar refractivity (Wildman–Crippen MR) is 82.0 cm³/mol. The van der Waals surface area contributed by atoms with Crippen molar-refractivity contribution in [3.8, 4) is 0 Å². The van der Waals surface area contributed by atoms with Crippen LogP contribution in [-0.4, -0.2) is 34.5 Å². The van der Waals surface area contributed by atoms with Crippen LogP contribution in [0.3, 0.4) is 0 Å². The van der Waals surface area contributed by atoms with Crippen molar-refractivity contribution in [2.45, 2.75) is 83.6 Å². The molecule has 0 aromatic heterocycles. The lowest BCUT2D eigenvalue weighted by atomic mass is 9.79. The summed E-state index contributed by atoms with van der Waals surface area (Å²) in [5.41, 5.74) is -0.273. The fourth-order valence-corrected chi connectivity index (χ4v) is 4.32. The van der Waals surface area contributed by atoms with Gasteiger partial charge in [-0.1, -0.05) is 32.1 Å². The maximum atomic E-state index is 12.7. The molecule has 0 aromatic carbocycles. The molecule has 2 fully saturated rings. The lowest BCUT2D eigenvalue weighted by Crippen LogP contribution is -2.43. The van der Waals surface area contributed by atoms with Gasteiger partial charge < -0.3 is 10.0 Å². The van der Waals surface area contributed by atoms with Crippen molar-refractivity contribution in [2.75, 3.05) is 6.54 Å². The SMILES string of the molecule is CCN(C(=O)CC1(CC(=O)O)CCCC1)C1CCCCC1. The highest BCUT2D eigenvalue weighted by atomic mass is 16.4. The van der Waals surface area contributed by atoms with E-state index in [1.807, 2.05) is 11.8 Å². The van der Waals surface area contributed by atoms with Gasteiger partial charge in [-0.3, -0.25) is 9.59 Å². The van der Waals surface area contributed by atoms with Crippen LogP contribution >= 0.6 is 0 Å². The Morgan fingerprint density at radius 1 is 1.05 bits per heavy atom. The van der Waals surface area contributed by atoms with Crippen LogP contribution in [0, 0.1) is 5.41 Å². The molecule has 0 unspecified atom stereocenters. The number of carbonyl (C=O) groups is 2. The molecule has 0 saturated heterocycles. The van der Waals surface area contributed by atoms with Crippen molar-refractivity contribution in [1.82, 2.24) is 4.90 Å². The summed E-state index contributed by atoms with van der Waals surface area (Å²) in [7, 11) is 0. The normalized spacial score (nSPS) is 22.1. The van der Waals surface area contributed by atoms with E-state index in [1.54, 1.807) is 0 Å². The molecule has 0 radical (unpaired) electrons. The first-order valence-electron chi connectivity index (χ1n) is 8.57. The third kappa shape index (κ3) is 4.21. The number of carboxylic acid groups (broad SMARTS) is 1. The van der Waals surface area contributed by atoms with Gasteiger partial charge in [-0.05, 0) is 38.0 Å². The van der Waals surface area contributed by atoms with Gasteiger partial charge in [-0.25, -0.2) is 0 Å². The number of rotatable bonds is 6. The molecule has 2 saturated carbocycles. The van der Waals surface area contributed by atoms with E-state index in [0.717, 1.165) is 45.1 Å². The van der Waals surface area contributed by atoms with Crippen LogP contribution in [0.4, 0.5) is 0 Å². The third-order valence-electron chi connectivity index (χ3n) is 5.39. The fourth-order valence-electron chi connectivity index (χ4n) is 4.32. The third-order valence-corrected chi connectivity index (χ3v) is 5.39. The van der Waals surface area contributed by atoms with E-state index < -0.39 is 5.97 Å². The zero-order chi connectivity index (χ0) is 15.3. The van der Waals surface area contributed by atoms with E-state index >= 15 is 0 Å². The monoisotopic (exact) mass is 295 g/mol. The van der Waals surface area contributed by atoms with Crippen molar-refractivity contribution in [2.24, 2.45) is 5.41 Å². The molecule has 1 N–H and O–H groups in total. The van der Waals surface area contributed by atoms with Crippen LogP contribution < -0.4 is 0 Å². The molecule has 0 aromatic rings. The Kier molecular flexibility index (Phi) is 5.65. The molecular weight excluding hydrogens is 266 g/mol. The maximum Gasteiger partial charge on any atom is 0.303 e. The summed E-state index contributed by atoms with van der Waals surface area (Å²) in [5, 5.41) is 9.17. The number of hydrogen-bond donors (Lipinski definition) is 1. The largest absolute Gasteiger partial charge is 0.481 e. The van der Waals surface area contributed by atoms with Crippen LogP contribution in [-0.2, 0) is 9.59 Å². The van der Waals surface area contributed by atoms with Gasteiger partial charge in [0.1, 0.15) is 0 Å². The summed E-state index contributed by atoms with van der Waals surface area (Å²) in [6, 6.07) is 0.388. The lowest BCUT2D eigenvalue weighted by molar-refractivity contribution is -0.142. The van der Waals surface area contributed by atoms with E-state index in [2.05, 4.69) is 0 Å². The minimum Gasteiger partial charge on any atom is -0.481 e. The highest BCUT2D eigenvalue weighted by molar-refractivity contribution is 5.78. The van der Waals surface area contributed by atoms with E-state index in [9.17, 15) is 14.7 Å². The minimum atomic E-state index is -0.759. The second-order valence-corrected chi connectivity index (χ2v) is 6.93. The zero-order valence-electron chi connectivity index (χ0n) is 13.3. The Morgan fingerprint density at radius 2 is 1.67 bits per heavy atom. The second-order valence-electron chi connectivity index (χ2n) is 6.93. The second kappa shape index (κ2) is 7.28. The average Bonchev–Trinajstić information content (AvgIpc) is 2.88. The number of carboxylic acids is 1. The Labute approximate surface area is 127 Å². The molecule has 4 heteroatoms. The summed E-state index contributed by atoms with van der Waals surface area (Å²) < 4.78 is 0. The Balaban J connectivity index is 2.00. The number of amides is 1. The summed E-state index contributed by atoms with van der Waals surface area (Å²) in [6.07, 6.45) is 10.5. The van der Waals surface area contributed by atoms with Crippen molar-refractivity contribution in [3.63, 3.8) is 0 Å². The number of carbonyl (C=O) groups excluding carboxylic acids is 1. The predicted octanol–water partition coefficient (Wildman–Crippen LogP) is 3.59. The summed E-state index contributed by atoms with van der Waals surface area (Å²) in [4.78, 5) is 25.9. The lowest BCUT2D eigenvalue weighted by Gasteiger charge is -2.36. The van der Waals surface area contributed by atoms with Gasteiger partial charge >= 0.3 is 5.97 Å². The van der Waals surface area contributed by atoms with Crippen LogP contribution in [0.2, 0.25) is 0 Å². The molecule has 120 valence electrons. The molecule has 2 rings (SSSR count). The minimum absolute atomic E-state index is 0.154. The number of nitrogens with zero attached hydrogens (tertiary/aromatic N) is 1. The van der Waals surface area contributed by atoms with Gasteiger partial charge in [-0.2, -0.15) is 0 Å². The topological polar surface area (TPSA) is 57.6 Å². The number of aliphatic carboxylic acids is 1. The molecule has 1 amide bonds. The molecule has 0 spiro atoms. The van der Waals surface area contributed by atoms with E-state index in [0.29, 0.717) is 12.5 Å². The highest BCUT2D eigenvalue weighted by Crippen LogP contribution is 2.44. The molecule has 0 aliphatic heterocycles. The van der Waals surface area contributed by atoms with E-state index in [-0.39, 0.29) is 17.7 Å². The zero-order valence-corrected chi connectivity index (χ0v) is 13.3. The molecule has 2 aliphatic carbocycles. The first kappa shape index (κ1) is 16.3. The summed E-state index contributed by atoms with van der Waals surface area (Å²) in [5.74, 6) is -0.571. The van der Waals surface area contributed by atoms with Gasteiger partial charge in [0.15, 0.2) is 0 Å². The highest BCUT2D eigenvalue weighted by Gasteiger charge is 2.39. The van der Waals surface area contributed by atoms with E-state index in [4.69, 9.17) is 0 Å².